The third-order valence-electron chi connectivity index (χ3n) is 5.15. The van der Waals surface area contributed by atoms with Crippen molar-refractivity contribution in [1.82, 2.24) is 19.7 Å². The second kappa shape index (κ2) is 6.36. The van der Waals surface area contributed by atoms with E-state index in [9.17, 15) is 0 Å². The highest BCUT2D eigenvalue weighted by atomic mass is 15.2. The van der Waals surface area contributed by atoms with Gasteiger partial charge in [-0.3, -0.25) is 9.67 Å². The molecule has 1 atom stereocenters. The molecule has 4 nitrogen and oxygen atoms in total. The van der Waals surface area contributed by atoms with Crippen molar-refractivity contribution in [3.8, 4) is 11.1 Å². The molecule has 0 bridgehead atoms. The van der Waals surface area contributed by atoms with Gasteiger partial charge in [-0.15, -0.1) is 0 Å². The molecule has 4 heteroatoms. The van der Waals surface area contributed by atoms with Crippen LogP contribution in [0, 0.1) is 0 Å². The van der Waals surface area contributed by atoms with Crippen molar-refractivity contribution in [3.05, 3.63) is 48.5 Å². The van der Waals surface area contributed by atoms with Crippen LogP contribution in [0.3, 0.4) is 0 Å². The molecule has 0 amide bonds. The number of hydrogen-bond donors (Lipinski definition) is 0. The van der Waals surface area contributed by atoms with E-state index in [0.717, 1.165) is 5.56 Å². The first-order valence-corrected chi connectivity index (χ1v) is 8.76. The van der Waals surface area contributed by atoms with E-state index in [0.29, 0.717) is 5.92 Å². The van der Waals surface area contributed by atoms with Crippen molar-refractivity contribution in [2.75, 3.05) is 20.1 Å². The Bertz CT molecular complexity index is 852. The molecule has 0 aliphatic carbocycles. The molecule has 1 aliphatic heterocycles. The molecule has 1 saturated heterocycles. The molecule has 1 aromatic carbocycles. The van der Waals surface area contributed by atoms with E-state index in [1.165, 1.54) is 54.4 Å². The van der Waals surface area contributed by atoms with E-state index in [2.05, 4.69) is 47.5 Å². The summed E-state index contributed by atoms with van der Waals surface area (Å²) in [4.78, 5) is 7.20. The fourth-order valence-corrected chi connectivity index (χ4v) is 3.67. The fourth-order valence-electron chi connectivity index (χ4n) is 3.67. The van der Waals surface area contributed by atoms with Gasteiger partial charge in [0.1, 0.15) is 0 Å². The standard InChI is InChI=1S/C20H24N4/c1-23-8-3-4-15(7-9-23)20-11-18-10-16(5-6-17(18)12-21-20)19-13-22-24(2)14-19/h5-6,10-15H,3-4,7-9H2,1-2H3. The molecule has 0 spiro atoms. The minimum Gasteiger partial charge on any atom is -0.306 e. The van der Waals surface area contributed by atoms with Crippen LogP contribution in [0.4, 0.5) is 0 Å². The molecule has 24 heavy (non-hydrogen) atoms. The summed E-state index contributed by atoms with van der Waals surface area (Å²) in [6, 6.07) is 8.88. The van der Waals surface area contributed by atoms with Gasteiger partial charge in [0.05, 0.1) is 6.20 Å². The van der Waals surface area contributed by atoms with E-state index in [4.69, 9.17) is 4.98 Å². The van der Waals surface area contributed by atoms with Crippen LogP contribution in [-0.2, 0) is 7.05 Å². The summed E-state index contributed by atoms with van der Waals surface area (Å²) in [5, 5.41) is 6.76. The molecular weight excluding hydrogens is 296 g/mol. The van der Waals surface area contributed by atoms with E-state index < -0.39 is 0 Å². The van der Waals surface area contributed by atoms with Crippen molar-refractivity contribution in [2.24, 2.45) is 7.05 Å². The van der Waals surface area contributed by atoms with Crippen LogP contribution in [0.2, 0.25) is 0 Å². The van der Waals surface area contributed by atoms with Crippen molar-refractivity contribution in [1.29, 1.82) is 0 Å². The third-order valence-corrected chi connectivity index (χ3v) is 5.15. The van der Waals surface area contributed by atoms with Crippen LogP contribution in [0.5, 0.6) is 0 Å². The van der Waals surface area contributed by atoms with Crippen LogP contribution in [0.15, 0.2) is 42.9 Å². The van der Waals surface area contributed by atoms with E-state index in [1.807, 2.05) is 24.1 Å². The molecule has 1 fully saturated rings. The molecule has 2 aromatic heterocycles. The lowest BCUT2D eigenvalue weighted by molar-refractivity contribution is 0.347. The number of benzene rings is 1. The van der Waals surface area contributed by atoms with Crippen LogP contribution in [0.1, 0.15) is 30.9 Å². The van der Waals surface area contributed by atoms with Gasteiger partial charge in [0.2, 0.25) is 0 Å². The molecule has 0 radical (unpaired) electrons. The van der Waals surface area contributed by atoms with Crippen LogP contribution in [0.25, 0.3) is 21.9 Å². The Hall–Kier alpha value is -2.20. The zero-order chi connectivity index (χ0) is 16.5. The van der Waals surface area contributed by atoms with Gasteiger partial charge in [-0.1, -0.05) is 12.1 Å². The summed E-state index contributed by atoms with van der Waals surface area (Å²) in [5.41, 5.74) is 3.63. The van der Waals surface area contributed by atoms with Gasteiger partial charge in [0.25, 0.3) is 0 Å². The van der Waals surface area contributed by atoms with Crippen LogP contribution >= 0.6 is 0 Å². The predicted octanol–water partition coefficient (Wildman–Crippen LogP) is 3.83. The summed E-state index contributed by atoms with van der Waals surface area (Å²) in [5.74, 6) is 0.585. The fraction of sp³-hybridized carbons (Fsp3) is 0.400. The zero-order valence-corrected chi connectivity index (χ0v) is 14.4. The topological polar surface area (TPSA) is 34.0 Å². The van der Waals surface area contributed by atoms with Gasteiger partial charge in [0.15, 0.2) is 0 Å². The SMILES string of the molecule is CN1CCCC(c2cc3cc(-c4cnn(C)c4)ccc3cn2)CC1. The normalized spacial score (nSPS) is 19.5. The first-order chi connectivity index (χ1) is 11.7. The number of likely N-dealkylation sites (tertiary alicyclic amines) is 1. The van der Waals surface area contributed by atoms with Crippen LogP contribution < -0.4 is 0 Å². The maximum absolute atomic E-state index is 4.77. The number of fused-ring (bicyclic) bond motifs is 1. The Kier molecular flexibility index (Phi) is 4.07. The van der Waals surface area contributed by atoms with Gasteiger partial charge in [-0.25, -0.2) is 0 Å². The van der Waals surface area contributed by atoms with Gasteiger partial charge in [-0.2, -0.15) is 5.10 Å². The maximum Gasteiger partial charge on any atom is 0.0568 e. The lowest BCUT2D eigenvalue weighted by Crippen LogP contribution is -2.18. The minimum atomic E-state index is 0.585. The van der Waals surface area contributed by atoms with Gasteiger partial charge in [0, 0.05) is 42.0 Å². The number of hydrogen-bond acceptors (Lipinski definition) is 3. The first kappa shape index (κ1) is 15.3. The first-order valence-electron chi connectivity index (χ1n) is 8.76. The Morgan fingerprint density at radius 2 is 1.88 bits per heavy atom. The van der Waals surface area contributed by atoms with E-state index >= 15 is 0 Å². The largest absolute Gasteiger partial charge is 0.306 e. The smallest absolute Gasteiger partial charge is 0.0568 e. The quantitative estimate of drug-likeness (QED) is 0.719. The van der Waals surface area contributed by atoms with Crippen molar-refractivity contribution >= 4 is 10.8 Å². The summed E-state index contributed by atoms with van der Waals surface area (Å²) in [7, 11) is 4.17. The Morgan fingerprint density at radius 3 is 2.71 bits per heavy atom. The summed E-state index contributed by atoms with van der Waals surface area (Å²) in [6.45, 7) is 2.37. The second-order valence-corrected chi connectivity index (χ2v) is 7.00. The average Bonchev–Trinajstić information content (AvgIpc) is 2.91. The number of nitrogens with zero attached hydrogens (tertiary/aromatic N) is 4. The van der Waals surface area contributed by atoms with Gasteiger partial charge < -0.3 is 4.90 Å². The second-order valence-electron chi connectivity index (χ2n) is 7.00. The van der Waals surface area contributed by atoms with Crippen molar-refractivity contribution < 1.29 is 0 Å². The summed E-state index contributed by atoms with van der Waals surface area (Å²) < 4.78 is 1.85. The highest BCUT2D eigenvalue weighted by molar-refractivity contribution is 5.86. The maximum atomic E-state index is 4.77. The number of rotatable bonds is 2. The molecule has 3 heterocycles. The number of aromatic nitrogens is 3. The lowest BCUT2D eigenvalue weighted by Gasteiger charge is -2.15. The summed E-state index contributed by atoms with van der Waals surface area (Å²) in [6.07, 6.45) is 9.72. The van der Waals surface area contributed by atoms with Gasteiger partial charge >= 0.3 is 0 Å². The molecular formula is C20H24N4. The highest BCUT2D eigenvalue weighted by Crippen LogP contribution is 2.30. The number of pyridine rings is 1. The predicted molar refractivity (Wildman–Crippen MR) is 98.0 cm³/mol. The lowest BCUT2D eigenvalue weighted by atomic mass is 9.94. The van der Waals surface area contributed by atoms with E-state index in [1.54, 1.807) is 0 Å². The van der Waals surface area contributed by atoms with Crippen molar-refractivity contribution in [3.63, 3.8) is 0 Å². The van der Waals surface area contributed by atoms with Crippen LogP contribution in [-0.4, -0.2) is 39.8 Å². The molecule has 1 aliphatic rings. The van der Waals surface area contributed by atoms with Crippen molar-refractivity contribution in [2.45, 2.75) is 25.2 Å². The Balaban J connectivity index is 1.68. The molecule has 0 saturated carbocycles. The molecule has 4 rings (SSSR count). The molecule has 0 N–H and O–H groups in total. The Labute approximate surface area is 143 Å². The number of aryl methyl sites for hydroxylation is 1. The third kappa shape index (κ3) is 3.06. The molecule has 124 valence electrons. The van der Waals surface area contributed by atoms with Gasteiger partial charge in [-0.05, 0) is 62.5 Å². The average molecular weight is 320 g/mol. The molecule has 1 unspecified atom stereocenters. The Morgan fingerprint density at radius 1 is 0.958 bits per heavy atom. The zero-order valence-electron chi connectivity index (χ0n) is 14.4. The van der Waals surface area contributed by atoms with E-state index in [-0.39, 0.29) is 0 Å². The summed E-state index contributed by atoms with van der Waals surface area (Å²) >= 11 is 0. The highest BCUT2D eigenvalue weighted by Gasteiger charge is 2.18. The monoisotopic (exact) mass is 320 g/mol. The minimum absolute atomic E-state index is 0.585. The molecule has 3 aromatic rings.